The molecule has 3 aromatic carbocycles. The maximum atomic E-state index is 13.3. The Morgan fingerprint density at radius 2 is 1.62 bits per heavy atom. The zero-order valence-corrected chi connectivity index (χ0v) is 20.0. The van der Waals surface area contributed by atoms with E-state index in [1.807, 2.05) is 59.3 Å². The molecular formula is C26H17BrClN3O3. The summed E-state index contributed by atoms with van der Waals surface area (Å²) in [7, 11) is 0. The normalized spacial score (nSPS) is 15.3. The van der Waals surface area contributed by atoms with E-state index in [0.29, 0.717) is 22.8 Å². The molecule has 4 amide bonds. The van der Waals surface area contributed by atoms with Gasteiger partial charge in [0.25, 0.3) is 11.8 Å². The lowest BCUT2D eigenvalue weighted by atomic mass is 10.1. The van der Waals surface area contributed by atoms with Gasteiger partial charge in [-0.3, -0.25) is 14.9 Å². The highest BCUT2D eigenvalue weighted by atomic mass is 79.9. The fourth-order valence-corrected chi connectivity index (χ4v) is 4.43. The molecule has 0 spiro atoms. The molecule has 34 heavy (non-hydrogen) atoms. The van der Waals surface area contributed by atoms with Crippen LogP contribution in [0.5, 0.6) is 0 Å². The lowest BCUT2D eigenvalue weighted by molar-refractivity contribution is -0.122. The number of halogens is 2. The summed E-state index contributed by atoms with van der Waals surface area (Å²) in [4.78, 5) is 39.3. The first-order chi connectivity index (χ1) is 16.4. The molecule has 1 aliphatic rings. The van der Waals surface area contributed by atoms with Crippen LogP contribution in [0.25, 0.3) is 17.0 Å². The molecular weight excluding hydrogens is 518 g/mol. The second kappa shape index (κ2) is 8.93. The zero-order chi connectivity index (χ0) is 23.8. The number of carbonyl (C=O) groups excluding carboxylic acids is 3. The summed E-state index contributed by atoms with van der Waals surface area (Å²) in [5, 5.41) is 3.80. The van der Waals surface area contributed by atoms with Gasteiger partial charge in [-0.25, -0.2) is 9.69 Å². The van der Waals surface area contributed by atoms with Crippen molar-refractivity contribution in [3.05, 3.63) is 105 Å². The number of rotatable bonds is 4. The van der Waals surface area contributed by atoms with E-state index in [0.717, 1.165) is 25.8 Å². The van der Waals surface area contributed by atoms with Gasteiger partial charge in [-0.2, -0.15) is 0 Å². The van der Waals surface area contributed by atoms with Crippen LogP contribution in [0.3, 0.4) is 0 Å². The number of imide groups is 2. The number of fused-ring (bicyclic) bond motifs is 1. The summed E-state index contributed by atoms with van der Waals surface area (Å²) in [5.41, 5.74) is 2.81. The summed E-state index contributed by atoms with van der Waals surface area (Å²) in [5.74, 6) is -1.41. The van der Waals surface area contributed by atoms with Gasteiger partial charge < -0.3 is 4.57 Å². The largest absolute Gasteiger partial charge is 0.342 e. The number of hydrogen-bond donors (Lipinski definition) is 1. The minimum Gasteiger partial charge on any atom is -0.342 e. The first kappa shape index (κ1) is 22.1. The van der Waals surface area contributed by atoms with Crippen molar-refractivity contribution in [2.75, 3.05) is 4.90 Å². The summed E-state index contributed by atoms with van der Waals surface area (Å²) >= 11 is 9.70. The van der Waals surface area contributed by atoms with Crippen LogP contribution < -0.4 is 10.2 Å². The summed E-state index contributed by atoms with van der Waals surface area (Å²) in [6.07, 6.45) is 3.41. The van der Waals surface area contributed by atoms with Gasteiger partial charge in [0.1, 0.15) is 5.57 Å². The van der Waals surface area contributed by atoms with Crippen LogP contribution >= 0.6 is 27.5 Å². The highest BCUT2D eigenvalue weighted by Crippen LogP contribution is 2.28. The average Bonchev–Trinajstić information content (AvgIpc) is 3.16. The number of anilines is 1. The van der Waals surface area contributed by atoms with Crippen molar-refractivity contribution in [1.29, 1.82) is 0 Å². The molecule has 8 heteroatoms. The molecule has 1 saturated heterocycles. The van der Waals surface area contributed by atoms with Crippen LogP contribution in [-0.2, 0) is 16.1 Å². The van der Waals surface area contributed by atoms with Gasteiger partial charge in [-0.1, -0.05) is 63.9 Å². The van der Waals surface area contributed by atoms with E-state index in [1.165, 1.54) is 6.08 Å². The number of carbonyl (C=O) groups is 3. The van der Waals surface area contributed by atoms with Crippen LogP contribution in [0.15, 0.2) is 89.0 Å². The number of para-hydroxylation sites is 1. The fraction of sp³-hybridized carbons (Fsp3) is 0.0385. The predicted molar refractivity (Wildman–Crippen MR) is 136 cm³/mol. The molecule has 0 radical (unpaired) electrons. The quantitative estimate of drug-likeness (QED) is 0.267. The van der Waals surface area contributed by atoms with Crippen molar-refractivity contribution < 1.29 is 14.4 Å². The van der Waals surface area contributed by atoms with Crippen LogP contribution in [0, 0.1) is 0 Å². The molecule has 1 aromatic heterocycles. The number of amides is 4. The van der Waals surface area contributed by atoms with Gasteiger partial charge in [0.15, 0.2) is 0 Å². The number of nitrogens with zero attached hydrogens (tertiary/aromatic N) is 2. The Bertz CT molecular complexity index is 1490. The van der Waals surface area contributed by atoms with E-state index < -0.39 is 17.8 Å². The van der Waals surface area contributed by atoms with E-state index in [4.69, 9.17) is 11.6 Å². The Kier molecular flexibility index (Phi) is 5.81. The Hall–Kier alpha value is -3.68. The van der Waals surface area contributed by atoms with Crippen molar-refractivity contribution in [2.24, 2.45) is 0 Å². The topological polar surface area (TPSA) is 71.4 Å². The van der Waals surface area contributed by atoms with Gasteiger partial charge in [-0.05, 0) is 48.0 Å². The molecule has 168 valence electrons. The SMILES string of the molecule is O=C1NC(=O)N(c2ccc(Br)cc2)C(=O)/C1=C\c1cn(Cc2ccccc2Cl)c2ccccc12. The number of aromatic nitrogens is 1. The van der Waals surface area contributed by atoms with Crippen LogP contribution in [0.2, 0.25) is 5.02 Å². The van der Waals surface area contributed by atoms with Crippen LogP contribution in [-0.4, -0.2) is 22.4 Å². The second-order valence-electron chi connectivity index (χ2n) is 7.76. The average molecular weight is 535 g/mol. The first-order valence-corrected chi connectivity index (χ1v) is 11.6. The standard InChI is InChI=1S/C26H17BrClN3O3/c27-18-9-11-19(12-10-18)31-25(33)21(24(32)29-26(31)34)13-17-15-30(23-8-4-2-6-20(17)23)14-16-5-1-3-7-22(16)28/h1-13,15H,14H2,(H,29,32,34)/b21-13-. The highest BCUT2D eigenvalue weighted by Gasteiger charge is 2.37. The number of nitrogens with one attached hydrogen (secondary N) is 1. The Morgan fingerprint density at radius 3 is 2.38 bits per heavy atom. The van der Waals surface area contributed by atoms with E-state index >= 15 is 0 Å². The number of urea groups is 1. The first-order valence-electron chi connectivity index (χ1n) is 10.4. The Balaban J connectivity index is 1.57. The summed E-state index contributed by atoms with van der Waals surface area (Å²) in [6.45, 7) is 0.521. The molecule has 0 atom stereocenters. The zero-order valence-electron chi connectivity index (χ0n) is 17.7. The molecule has 1 aliphatic heterocycles. The van der Waals surface area contributed by atoms with Gasteiger partial charge in [-0.15, -0.1) is 0 Å². The third-order valence-corrected chi connectivity index (χ3v) is 6.50. The molecule has 0 bridgehead atoms. The van der Waals surface area contributed by atoms with Gasteiger partial charge >= 0.3 is 6.03 Å². The minimum atomic E-state index is -0.782. The van der Waals surface area contributed by atoms with Crippen molar-refractivity contribution in [1.82, 2.24) is 9.88 Å². The van der Waals surface area contributed by atoms with Gasteiger partial charge in [0.05, 0.1) is 5.69 Å². The molecule has 4 aromatic rings. The Labute approximate surface area is 208 Å². The monoisotopic (exact) mass is 533 g/mol. The molecule has 5 rings (SSSR count). The van der Waals surface area contributed by atoms with Crippen molar-refractivity contribution in [3.63, 3.8) is 0 Å². The number of hydrogen-bond acceptors (Lipinski definition) is 3. The highest BCUT2D eigenvalue weighted by molar-refractivity contribution is 9.10. The van der Waals surface area contributed by atoms with E-state index in [9.17, 15) is 14.4 Å². The van der Waals surface area contributed by atoms with E-state index in [-0.39, 0.29) is 5.57 Å². The van der Waals surface area contributed by atoms with Crippen LogP contribution in [0.4, 0.5) is 10.5 Å². The van der Waals surface area contributed by atoms with Crippen molar-refractivity contribution in [3.8, 4) is 0 Å². The molecule has 6 nitrogen and oxygen atoms in total. The maximum absolute atomic E-state index is 13.3. The van der Waals surface area contributed by atoms with Gasteiger partial charge in [0, 0.05) is 38.7 Å². The summed E-state index contributed by atoms with van der Waals surface area (Å²) in [6, 6.07) is 21.2. The maximum Gasteiger partial charge on any atom is 0.335 e. The molecule has 0 aliphatic carbocycles. The lowest BCUT2D eigenvalue weighted by Gasteiger charge is -2.26. The predicted octanol–water partition coefficient (Wildman–Crippen LogP) is 5.77. The smallest absolute Gasteiger partial charge is 0.335 e. The minimum absolute atomic E-state index is 0.122. The number of benzene rings is 3. The van der Waals surface area contributed by atoms with Crippen molar-refractivity contribution in [2.45, 2.75) is 6.54 Å². The fourth-order valence-electron chi connectivity index (χ4n) is 3.97. The third-order valence-electron chi connectivity index (χ3n) is 5.60. The molecule has 1 N–H and O–H groups in total. The molecule has 1 fully saturated rings. The van der Waals surface area contributed by atoms with Crippen molar-refractivity contribution >= 4 is 68.0 Å². The number of barbiturate groups is 1. The third kappa shape index (κ3) is 4.04. The summed E-state index contributed by atoms with van der Waals surface area (Å²) < 4.78 is 2.82. The van der Waals surface area contributed by atoms with Crippen LogP contribution in [0.1, 0.15) is 11.1 Å². The second-order valence-corrected chi connectivity index (χ2v) is 9.08. The van der Waals surface area contributed by atoms with E-state index in [2.05, 4.69) is 21.2 Å². The van der Waals surface area contributed by atoms with Gasteiger partial charge in [0.2, 0.25) is 0 Å². The Morgan fingerprint density at radius 1 is 0.912 bits per heavy atom. The molecule has 0 saturated carbocycles. The molecule has 0 unspecified atom stereocenters. The lowest BCUT2D eigenvalue weighted by Crippen LogP contribution is -2.54. The van der Waals surface area contributed by atoms with E-state index in [1.54, 1.807) is 24.3 Å². The molecule has 2 heterocycles.